The van der Waals surface area contributed by atoms with Crippen LogP contribution in [0.15, 0.2) is 12.4 Å². The normalized spacial score (nSPS) is 21.6. The third-order valence-corrected chi connectivity index (χ3v) is 2.57. The summed E-state index contributed by atoms with van der Waals surface area (Å²) in [5.74, 6) is 0. The van der Waals surface area contributed by atoms with Crippen LogP contribution < -0.4 is 5.73 Å². The molecule has 1 atom stereocenters. The first kappa shape index (κ1) is 10.4. The van der Waals surface area contributed by atoms with E-state index >= 15 is 0 Å². The summed E-state index contributed by atoms with van der Waals surface area (Å²) in [4.78, 5) is 4.76. The Bertz CT molecular complexity index is 168. The van der Waals surface area contributed by atoms with Crippen LogP contribution in [0, 0.1) is 0 Å². The fourth-order valence-electron chi connectivity index (χ4n) is 1.84. The predicted octanol–water partition coefficient (Wildman–Crippen LogP) is 1.18. The molecule has 0 bridgehead atoms. The second-order valence-corrected chi connectivity index (χ2v) is 3.40. The van der Waals surface area contributed by atoms with Gasteiger partial charge in [0.2, 0.25) is 0 Å². The molecule has 1 rings (SSSR count). The molecular weight excluding hydrogens is 162 g/mol. The molecule has 0 radical (unpaired) electrons. The third-order valence-electron chi connectivity index (χ3n) is 2.57. The molecule has 3 heteroatoms. The van der Waals surface area contributed by atoms with Gasteiger partial charge in [0.1, 0.15) is 6.17 Å². The van der Waals surface area contributed by atoms with E-state index in [1.807, 2.05) is 0 Å². The van der Waals surface area contributed by atoms with Crippen molar-refractivity contribution in [3.05, 3.63) is 12.4 Å². The fourth-order valence-corrected chi connectivity index (χ4v) is 1.84. The molecule has 3 nitrogen and oxygen atoms in total. The van der Waals surface area contributed by atoms with Crippen molar-refractivity contribution in [1.29, 1.82) is 0 Å². The Labute approximate surface area is 81.2 Å². The molecule has 0 saturated carbocycles. The Balaban J connectivity index is 2.42. The lowest BCUT2D eigenvalue weighted by molar-refractivity contribution is 0.152. The average Bonchev–Trinajstić information content (AvgIpc) is 2.56. The summed E-state index contributed by atoms with van der Waals surface area (Å²) in [7, 11) is 0. The van der Waals surface area contributed by atoms with Crippen molar-refractivity contribution >= 4 is 0 Å². The second kappa shape index (κ2) is 5.12. The highest BCUT2D eigenvalue weighted by Gasteiger charge is 2.22. The van der Waals surface area contributed by atoms with Crippen LogP contribution in [0.2, 0.25) is 0 Å². The Hall–Kier alpha value is -0.700. The summed E-state index contributed by atoms with van der Waals surface area (Å²) in [6, 6.07) is 0. The average molecular weight is 183 g/mol. The van der Waals surface area contributed by atoms with E-state index in [1.165, 1.54) is 6.42 Å². The van der Waals surface area contributed by atoms with Gasteiger partial charge in [-0.1, -0.05) is 6.92 Å². The van der Waals surface area contributed by atoms with Crippen LogP contribution >= 0.6 is 0 Å². The van der Waals surface area contributed by atoms with E-state index in [0.717, 1.165) is 26.1 Å². The second-order valence-electron chi connectivity index (χ2n) is 3.40. The number of hydrogen-bond donors (Lipinski definition) is 1. The zero-order valence-corrected chi connectivity index (χ0v) is 8.74. The van der Waals surface area contributed by atoms with Crippen LogP contribution in [0.5, 0.6) is 0 Å². The largest absolute Gasteiger partial charge is 0.356 e. The van der Waals surface area contributed by atoms with Gasteiger partial charge in [-0.15, -0.1) is 0 Å². The molecule has 0 saturated heterocycles. The maximum Gasteiger partial charge on any atom is 0.100 e. The van der Waals surface area contributed by atoms with Crippen molar-refractivity contribution in [2.24, 2.45) is 5.73 Å². The van der Waals surface area contributed by atoms with Crippen LogP contribution in [-0.4, -0.2) is 35.6 Å². The Morgan fingerprint density at radius 2 is 1.92 bits per heavy atom. The smallest absolute Gasteiger partial charge is 0.100 e. The highest BCUT2D eigenvalue weighted by atomic mass is 15.4. The van der Waals surface area contributed by atoms with Crippen molar-refractivity contribution < 1.29 is 0 Å². The van der Waals surface area contributed by atoms with Crippen molar-refractivity contribution in [3.8, 4) is 0 Å². The van der Waals surface area contributed by atoms with Crippen LogP contribution in [0.25, 0.3) is 0 Å². The topological polar surface area (TPSA) is 32.5 Å². The molecule has 1 aliphatic heterocycles. The first-order valence-corrected chi connectivity index (χ1v) is 5.23. The minimum atomic E-state index is 0.566. The van der Waals surface area contributed by atoms with Crippen molar-refractivity contribution in [3.63, 3.8) is 0 Å². The van der Waals surface area contributed by atoms with Crippen molar-refractivity contribution in [1.82, 2.24) is 9.80 Å². The van der Waals surface area contributed by atoms with Gasteiger partial charge in [-0.2, -0.15) is 0 Å². The molecule has 0 amide bonds. The van der Waals surface area contributed by atoms with E-state index in [2.05, 4.69) is 36.0 Å². The predicted molar refractivity (Wildman–Crippen MR) is 56.0 cm³/mol. The van der Waals surface area contributed by atoms with Gasteiger partial charge in [0, 0.05) is 25.5 Å². The summed E-state index contributed by atoms with van der Waals surface area (Å²) < 4.78 is 0. The maximum absolute atomic E-state index is 5.50. The van der Waals surface area contributed by atoms with Crippen LogP contribution in [-0.2, 0) is 0 Å². The summed E-state index contributed by atoms with van der Waals surface area (Å²) >= 11 is 0. The van der Waals surface area contributed by atoms with Gasteiger partial charge in [0.25, 0.3) is 0 Å². The molecule has 0 aromatic rings. The van der Waals surface area contributed by atoms with E-state index in [-0.39, 0.29) is 0 Å². The summed E-state index contributed by atoms with van der Waals surface area (Å²) in [5.41, 5.74) is 5.50. The molecule has 0 aromatic heterocycles. The van der Waals surface area contributed by atoms with E-state index in [0.29, 0.717) is 6.17 Å². The Morgan fingerprint density at radius 3 is 2.46 bits per heavy atom. The zero-order chi connectivity index (χ0) is 9.68. The van der Waals surface area contributed by atoms with Crippen LogP contribution in [0.4, 0.5) is 0 Å². The first-order chi connectivity index (χ1) is 6.33. The number of hydrogen-bond acceptors (Lipinski definition) is 3. The standard InChI is InChI=1S/C10H21N3/c1-3-10-12(4-2)8-9-13(10)7-5-6-11/h8-10H,3-7,11H2,1-2H3. The minimum Gasteiger partial charge on any atom is -0.356 e. The van der Waals surface area contributed by atoms with E-state index in [1.54, 1.807) is 0 Å². The lowest BCUT2D eigenvalue weighted by Crippen LogP contribution is -2.38. The Morgan fingerprint density at radius 1 is 1.23 bits per heavy atom. The Kier molecular flexibility index (Phi) is 4.09. The monoisotopic (exact) mass is 183 g/mol. The number of nitrogens with zero attached hydrogens (tertiary/aromatic N) is 2. The van der Waals surface area contributed by atoms with Gasteiger partial charge >= 0.3 is 0 Å². The van der Waals surface area contributed by atoms with Gasteiger partial charge < -0.3 is 15.5 Å². The lowest BCUT2D eigenvalue weighted by atomic mass is 10.3. The minimum absolute atomic E-state index is 0.566. The molecule has 0 spiro atoms. The van der Waals surface area contributed by atoms with E-state index in [9.17, 15) is 0 Å². The summed E-state index contributed by atoms with van der Waals surface area (Å²) in [6.07, 6.45) is 7.19. The number of nitrogens with two attached hydrogens (primary N) is 1. The third kappa shape index (κ3) is 2.37. The molecule has 2 N–H and O–H groups in total. The fraction of sp³-hybridized carbons (Fsp3) is 0.800. The quantitative estimate of drug-likeness (QED) is 0.694. The number of rotatable bonds is 5. The molecular formula is C10H21N3. The first-order valence-electron chi connectivity index (χ1n) is 5.23. The molecule has 0 aromatic carbocycles. The molecule has 13 heavy (non-hydrogen) atoms. The van der Waals surface area contributed by atoms with Crippen LogP contribution in [0.1, 0.15) is 26.7 Å². The molecule has 0 fully saturated rings. The lowest BCUT2D eigenvalue weighted by Gasteiger charge is -2.31. The van der Waals surface area contributed by atoms with Gasteiger partial charge in [0.15, 0.2) is 0 Å². The highest BCUT2D eigenvalue weighted by molar-refractivity contribution is 4.95. The molecule has 1 heterocycles. The summed E-state index contributed by atoms with van der Waals surface area (Å²) in [5, 5.41) is 0. The highest BCUT2D eigenvalue weighted by Crippen LogP contribution is 2.17. The van der Waals surface area contributed by atoms with Gasteiger partial charge in [-0.3, -0.25) is 0 Å². The maximum atomic E-state index is 5.50. The molecule has 0 aliphatic carbocycles. The van der Waals surface area contributed by atoms with Crippen LogP contribution in [0.3, 0.4) is 0 Å². The van der Waals surface area contributed by atoms with Crippen molar-refractivity contribution in [2.45, 2.75) is 32.9 Å². The van der Waals surface area contributed by atoms with Crippen molar-refractivity contribution in [2.75, 3.05) is 19.6 Å². The van der Waals surface area contributed by atoms with Gasteiger partial charge in [0.05, 0.1) is 0 Å². The summed E-state index contributed by atoms with van der Waals surface area (Å²) in [6.45, 7) is 7.39. The van der Waals surface area contributed by atoms with E-state index in [4.69, 9.17) is 5.73 Å². The van der Waals surface area contributed by atoms with Gasteiger partial charge in [-0.25, -0.2) is 0 Å². The van der Waals surface area contributed by atoms with Gasteiger partial charge in [-0.05, 0) is 26.3 Å². The SMILES string of the molecule is CCC1N(CC)C=CN1CCCN. The molecule has 1 aliphatic rings. The molecule has 1 unspecified atom stereocenters. The molecule has 76 valence electrons. The van der Waals surface area contributed by atoms with E-state index < -0.39 is 0 Å². The zero-order valence-electron chi connectivity index (χ0n) is 8.74.